The SMILES string of the molecule is O=C(O)CCNC(=O)CSCCNC(=O)OCC1c2ccccc2-c2ccccc21. The number of carbonyl (C=O) groups excluding carboxylic acids is 2. The standard InChI is InChI=1S/C22H24N2O5S/c25-20(23-10-9-21(26)27)14-30-12-11-24-22(28)29-13-19-17-7-3-1-5-15(17)16-6-2-4-8-18(16)19/h1-8,19H,9-14H2,(H,23,25)(H,24,28)(H,26,27). The van der Waals surface area contributed by atoms with Crippen LogP contribution in [0.1, 0.15) is 23.5 Å². The highest BCUT2D eigenvalue weighted by Crippen LogP contribution is 2.44. The van der Waals surface area contributed by atoms with Crippen LogP contribution >= 0.6 is 11.8 Å². The van der Waals surface area contributed by atoms with Crippen LogP contribution in [0.3, 0.4) is 0 Å². The summed E-state index contributed by atoms with van der Waals surface area (Å²) in [5.41, 5.74) is 4.69. The minimum atomic E-state index is -0.949. The second-order valence-corrected chi connectivity index (χ2v) is 7.90. The molecule has 0 saturated heterocycles. The molecule has 0 unspecified atom stereocenters. The molecule has 158 valence electrons. The Hall–Kier alpha value is -3.00. The number of hydrogen-bond donors (Lipinski definition) is 3. The second kappa shape index (κ2) is 10.7. The van der Waals surface area contributed by atoms with Gasteiger partial charge in [-0.05, 0) is 22.3 Å². The number of thioether (sulfide) groups is 1. The lowest BCUT2D eigenvalue weighted by molar-refractivity contribution is -0.136. The second-order valence-electron chi connectivity index (χ2n) is 6.80. The summed E-state index contributed by atoms with van der Waals surface area (Å²) in [6.45, 7) is 0.759. The van der Waals surface area contributed by atoms with Crippen LogP contribution in [-0.2, 0) is 14.3 Å². The van der Waals surface area contributed by atoms with Crippen molar-refractivity contribution in [1.82, 2.24) is 10.6 Å². The lowest BCUT2D eigenvalue weighted by Crippen LogP contribution is -2.30. The van der Waals surface area contributed by atoms with Crippen molar-refractivity contribution in [1.29, 1.82) is 0 Å². The highest BCUT2D eigenvalue weighted by Gasteiger charge is 2.28. The number of ether oxygens (including phenoxy) is 1. The number of nitrogens with one attached hydrogen (secondary N) is 2. The van der Waals surface area contributed by atoms with E-state index in [1.165, 1.54) is 22.9 Å². The van der Waals surface area contributed by atoms with Gasteiger partial charge in [0.05, 0.1) is 12.2 Å². The van der Waals surface area contributed by atoms with Crippen LogP contribution < -0.4 is 10.6 Å². The number of amides is 2. The van der Waals surface area contributed by atoms with E-state index in [1.54, 1.807) is 0 Å². The summed E-state index contributed by atoms with van der Waals surface area (Å²) in [5, 5.41) is 13.7. The number of benzene rings is 2. The number of fused-ring (bicyclic) bond motifs is 3. The molecule has 2 aromatic rings. The largest absolute Gasteiger partial charge is 0.481 e. The van der Waals surface area contributed by atoms with E-state index in [1.807, 2.05) is 24.3 Å². The van der Waals surface area contributed by atoms with Gasteiger partial charge in [-0.25, -0.2) is 4.79 Å². The zero-order valence-electron chi connectivity index (χ0n) is 16.4. The van der Waals surface area contributed by atoms with E-state index in [0.29, 0.717) is 12.3 Å². The summed E-state index contributed by atoms with van der Waals surface area (Å²) in [5.74, 6) is -0.382. The molecule has 2 amide bonds. The Labute approximate surface area is 179 Å². The summed E-state index contributed by atoms with van der Waals surface area (Å²) in [4.78, 5) is 34.0. The molecule has 0 radical (unpaired) electrons. The first kappa shape index (κ1) is 21.7. The molecule has 30 heavy (non-hydrogen) atoms. The third-order valence-electron chi connectivity index (χ3n) is 4.75. The quantitative estimate of drug-likeness (QED) is 0.503. The maximum Gasteiger partial charge on any atom is 0.407 e. The van der Waals surface area contributed by atoms with Crippen molar-refractivity contribution in [3.8, 4) is 11.1 Å². The van der Waals surface area contributed by atoms with Crippen LogP contribution in [0.2, 0.25) is 0 Å². The van der Waals surface area contributed by atoms with Gasteiger partial charge in [0.15, 0.2) is 0 Å². The van der Waals surface area contributed by atoms with Crippen molar-refractivity contribution in [3.05, 3.63) is 59.7 Å². The molecule has 2 aromatic carbocycles. The lowest BCUT2D eigenvalue weighted by atomic mass is 9.98. The van der Waals surface area contributed by atoms with Gasteiger partial charge >= 0.3 is 12.1 Å². The van der Waals surface area contributed by atoms with Crippen LogP contribution in [0.15, 0.2) is 48.5 Å². The molecular weight excluding hydrogens is 404 g/mol. The first-order valence-electron chi connectivity index (χ1n) is 9.71. The fraction of sp³-hybridized carbons (Fsp3) is 0.318. The van der Waals surface area contributed by atoms with E-state index >= 15 is 0 Å². The monoisotopic (exact) mass is 428 g/mol. The van der Waals surface area contributed by atoms with Gasteiger partial charge in [-0.2, -0.15) is 11.8 Å². The Balaban J connectivity index is 1.37. The van der Waals surface area contributed by atoms with Crippen molar-refractivity contribution in [3.63, 3.8) is 0 Å². The van der Waals surface area contributed by atoms with E-state index in [0.717, 1.165) is 11.1 Å². The molecule has 0 atom stereocenters. The first-order valence-corrected chi connectivity index (χ1v) is 10.9. The molecule has 0 saturated carbocycles. The van der Waals surface area contributed by atoms with E-state index in [9.17, 15) is 14.4 Å². The molecule has 1 aliphatic rings. The van der Waals surface area contributed by atoms with Crippen LogP contribution in [0.4, 0.5) is 4.79 Å². The normalized spacial score (nSPS) is 12.0. The summed E-state index contributed by atoms with van der Waals surface area (Å²) in [6, 6.07) is 16.3. The predicted octanol–water partition coefficient (Wildman–Crippen LogP) is 2.85. The van der Waals surface area contributed by atoms with E-state index in [-0.39, 0.29) is 37.2 Å². The van der Waals surface area contributed by atoms with Crippen molar-refractivity contribution in [2.45, 2.75) is 12.3 Å². The molecule has 0 bridgehead atoms. The Kier molecular flexibility index (Phi) is 7.73. The topological polar surface area (TPSA) is 105 Å². The van der Waals surface area contributed by atoms with Gasteiger partial charge in [-0.15, -0.1) is 0 Å². The van der Waals surface area contributed by atoms with Crippen molar-refractivity contribution in [2.24, 2.45) is 0 Å². The maximum absolute atomic E-state index is 12.0. The third-order valence-corrected chi connectivity index (χ3v) is 5.71. The third kappa shape index (κ3) is 5.76. The summed E-state index contributed by atoms with van der Waals surface area (Å²) in [7, 11) is 0. The van der Waals surface area contributed by atoms with Gasteiger partial charge in [0.25, 0.3) is 0 Å². The highest BCUT2D eigenvalue weighted by molar-refractivity contribution is 7.99. The zero-order valence-corrected chi connectivity index (χ0v) is 17.2. The Morgan fingerprint density at radius 1 is 0.933 bits per heavy atom. The number of carboxylic acid groups (broad SMARTS) is 1. The predicted molar refractivity (Wildman–Crippen MR) is 116 cm³/mol. The number of alkyl carbamates (subject to hydrolysis) is 1. The molecule has 8 heteroatoms. The first-order chi connectivity index (χ1) is 14.6. The van der Waals surface area contributed by atoms with Crippen molar-refractivity contribution >= 4 is 29.7 Å². The minimum Gasteiger partial charge on any atom is -0.481 e. The van der Waals surface area contributed by atoms with E-state index in [4.69, 9.17) is 9.84 Å². The van der Waals surface area contributed by atoms with Crippen LogP contribution in [0.25, 0.3) is 11.1 Å². The molecule has 1 aliphatic carbocycles. The number of rotatable bonds is 10. The summed E-state index contributed by atoms with van der Waals surface area (Å²) in [6.07, 6.45) is -0.580. The maximum atomic E-state index is 12.0. The number of aliphatic carboxylic acids is 1. The zero-order chi connectivity index (χ0) is 21.3. The minimum absolute atomic E-state index is 0.0204. The molecule has 3 rings (SSSR count). The lowest BCUT2D eigenvalue weighted by Gasteiger charge is -2.14. The molecule has 0 heterocycles. The molecule has 0 aliphatic heterocycles. The molecule has 7 nitrogen and oxygen atoms in total. The van der Waals surface area contributed by atoms with Gasteiger partial charge in [0, 0.05) is 24.8 Å². The Bertz CT molecular complexity index is 872. The van der Waals surface area contributed by atoms with Gasteiger partial charge in [-0.1, -0.05) is 48.5 Å². The summed E-state index contributed by atoms with van der Waals surface area (Å²) < 4.78 is 5.45. The van der Waals surface area contributed by atoms with Gasteiger partial charge in [0.1, 0.15) is 6.61 Å². The van der Waals surface area contributed by atoms with E-state index < -0.39 is 12.1 Å². The number of carbonyl (C=O) groups is 3. The fourth-order valence-electron chi connectivity index (χ4n) is 3.40. The molecule has 0 aromatic heterocycles. The number of carboxylic acids is 1. The summed E-state index contributed by atoms with van der Waals surface area (Å²) >= 11 is 1.36. The molecule has 0 spiro atoms. The Morgan fingerprint density at radius 3 is 2.20 bits per heavy atom. The molecule has 0 fully saturated rings. The molecular formula is C22H24N2O5S. The molecule has 3 N–H and O–H groups in total. The van der Waals surface area contributed by atoms with E-state index in [2.05, 4.69) is 34.9 Å². The average molecular weight is 429 g/mol. The van der Waals surface area contributed by atoms with Crippen molar-refractivity contribution in [2.75, 3.05) is 31.2 Å². The van der Waals surface area contributed by atoms with Crippen LogP contribution in [-0.4, -0.2) is 54.3 Å². The van der Waals surface area contributed by atoms with Gasteiger partial charge in [0.2, 0.25) is 5.91 Å². The average Bonchev–Trinajstić information content (AvgIpc) is 3.05. The fourth-order valence-corrected chi connectivity index (χ4v) is 4.08. The highest BCUT2D eigenvalue weighted by atomic mass is 32.2. The van der Waals surface area contributed by atoms with Gasteiger partial charge in [-0.3, -0.25) is 9.59 Å². The smallest absolute Gasteiger partial charge is 0.407 e. The van der Waals surface area contributed by atoms with Gasteiger partial charge < -0.3 is 20.5 Å². The Morgan fingerprint density at radius 2 is 1.57 bits per heavy atom. The van der Waals surface area contributed by atoms with Crippen LogP contribution in [0, 0.1) is 0 Å². The number of hydrogen-bond acceptors (Lipinski definition) is 5. The van der Waals surface area contributed by atoms with Crippen molar-refractivity contribution < 1.29 is 24.2 Å². The van der Waals surface area contributed by atoms with Crippen LogP contribution in [0.5, 0.6) is 0 Å².